The number of aryl methyl sites for hydroxylation is 1. The van der Waals surface area contributed by atoms with Crippen molar-refractivity contribution in [3.05, 3.63) is 70.8 Å². The molecule has 2 aliphatic rings. The van der Waals surface area contributed by atoms with E-state index < -0.39 is 5.92 Å². The van der Waals surface area contributed by atoms with Crippen molar-refractivity contribution >= 4 is 5.96 Å². The smallest absolute Gasteiger partial charge is 0.270 e. The highest BCUT2D eigenvalue weighted by Crippen LogP contribution is 2.48. The minimum Gasteiger partial charge on any atom is -0.370 e. The fourth-order valence-corrected chi connectivity index (χ4v) is 4.58. The largest absolute Gasteiger partial charge is 0.370 e. The third-order valence-corrected chi connectivity index (χ3v) is 5.98. The molecular formula is C22H25F2N3. The van der Waals surface area contributed by atoms with Crippen molar-refractivity contribution in [3.63, 3.8) is 0 Å². The second-order valence-corrected chi connectivity index (χ2v) is 7.70. The number of alkyl halides is 2. The Balaban J connectivity index is 1.53. The van der Waals surface area contributed by atoms with Crippen molar-refractivity contribution in [2.75, 3.05) is 6.54 Å². The number of hydrogen-bond acceptors (Lipinski definition) is 1. The summed E-state index contributed by atoms with van der Waals surface area (Å²) in [7, 11) is 0. The van der Waals surface area contributed by atoms with E-state index in [9.17, 15) is 8.78 Å². The van der Waals surface area contributed by atoms with E-state index in [0.717, 1.165) is 44.7 Å². The summed E-state index contributed by atoms with van der Waals surface area (Å²) in [5, 5.41) is 0. The van der Waals surface area contributed by atoms with Gasteiger partial charge in [-0.25, -0.2) is 13.8 Å². The molecule has 0 bridgehead atoms. The van der Waals surface area contributed by atoms with Gasteiger partial charge in [0.15, 0.2) is 5.96 Å². The third-order valence-electron chi connectivity index (χ3n) is 5.98. The van der Waals surface area contributed by atoms with Gasteiger partial charge in [-0.05, 0) is 42.4 Å². The summed E-state index contributed by atoms with van der Waals surface area (Å²) in [5.41, 5.74) is 10.1. The molecule has 0 saturated carbocycles. The first kappa shape index (κ1) is 18.0. The van der Waals surface area contributed by atoms with E-state index in [4.69, 9.17) is 5.73 Å². The van der Waals surface area contributed by atoms with Crippen LogP contribution >= 0.6 is 0 Å². The zero-order valence-corrected chi connectivity index (χ0v) is 15.6. The van der Waals surface area contributed by atoms with Crippen LogP contribution in [0.25, 0.3) is 0 Å². The van der Waals surface area contributed by atoms with Gasteiger partial charge in [0.2, 0.25) is 0 Å². The Morgan fingerprint density at radius 1 is 1.15 bits per heavy atom. The fraction of sp³-hybridized carbons (Fsp3) is 0.409. The summed E-state index contributed by atoms with van der Waals surface area (Å²) in [6.07, 6.45) is 4.35. The van der Waals surface area contributed by atoms with Crippen LogP contribution in [0.3, 0.4) is 0 Å². The molecule has 1 heterocycles. The van der Waals surface area contributed by atoms with Crippen LogP contribution in [0.4, 0.5) is 8.78 Å². The van der Waals surface area contributed by atoms with E-state index in [-0.39, 0.29) is 11.1 Å². The first-order chi connectivity index (χ1) is 12.9. The third kappa shape index (κ3) is 3.20. The fourth-order valence-electron chi connectivity index (χ4n) is 4.58. The number of benzene rings is 2. The predicted molar refractivity (Wildman–Crippen MR) is 104 cm³/mol. The minimum atomic E-state index is -2.82. The Morgan fingerprint density at radius 3 is 2.63 bits per heavy atom. The first-order valence-corrected chi connectivity index (χ1v) is 9.53. The van der Waals surface area contributed by atoms with Crippen molar-refractivity contribution in [1.29, 1.82) is 0 Å². The molecule has 1 aliphatic heterocycles. The number of likely N-dealkylation sites (tertiary alicyclic amines) is 1. The van der Waals surface area contributed by atoms with Crippen LogP contribution < -0.4 is 5.73 Å². The summed E-state index contributed by atoms with van der Waals surface area (Å²) in [4.78, 5) is 6.85. The van der Waals surface area contributed by atoms with Crippen LogP contribution in [0, 0.1) is 0 Å². The van der Waals surface area contributed by atoms with Crippen molar-refractivity contribution in [3.8, 4) is 0 Å². The molecule has 0 radical (unpaired) electrons. The van der Waals surface area contributed by atoms with E-state index in [0.29, 0.717) is 12.5 Å². The standard InChI is InChI=1S/C22H25F2N3/c1-21(23,24)18-9-7-16(8-10-18)15-26-20(25)27-14-4-12-22(27)13-11-17-5-2-3-6-19(17)22/h2-3,5-10H,4,11-15H2,1H3,(H2,25,26). The lowest BCUT2D eigenvalue weighted by Gasteiger charge is -2.37. The SMILES string of the molecule is CC(F)(F)c1ccc(CN=C(N)N2CCCC23CCc2ccccc23)cc1. The van der Waals surface area contributed by atoms with Gasteiger partial charge in [0.1, 0.15) is 0 Å². The molecule has 0 aromatic heterocycles. The highest BCUT2D eigenvalue weighted by molar-refractivity contribution is 5.80. The lowest BCUT2D eigenvalue weighted by atomic mass is 9.89. The molecular weight excluding hydrogens is 344 g/mol. The van der Waals surface area contributed by atoms with E-state index in [2.05, 4.69) is 34.2 Å². The minimum absolute atomic E-state index is 0.0178. The number of rotatable bonds is 3. The zero-order valence-electron chi connectivity index (χ0n) is 15.6. The number of hydrogen-bond donors (Lipinski definition) is 1. The number of nitrogens with two attached hydrogens (primary N) is 1. The van der Waals surface area contributed by atoms with Gasteiger partial charge in [0.25, 0.3) is 5.92 Å². The van der Waals surface area contributed by atoms with Gasteiger partial charge in [0.05, 0.1) is 12.1 Å². The quantitative estimate of drug-likeness (QED) is 0.637. The van der Waals surface area contributed by atoms with Crippen LogP contribution in [0.15, 0.2) is 53.5 Å². The highest BCUT2D eigenvalue weighted by atomic mass is 19.3. The van der Waals surface area contributed by atoms with Gasteiger partial charge in [0, 0.05) is 19.0 Å². The van der Waals surface area contributed by atoms with Crippen LogP contribution in [0.1, 0.15) is 48.4 Å². The van der Waals surface area contributed by atoms with Crippen LogP contribution in [-0.4, -0.2) is 17.4 Å². The molecule has 2 aromatic rings. The number of guanidine groups is 1. The molecule has 3 nitrogen and oxygen atoms in total. The Kier molecular flexibility index (Phi) is 4.41. The first-order valence-electron chi connectivity index (χ1n) is 9.53. The number of fused-ring (bicyclic) bond motifs is 2. The van der Waals surface area contributed by atoms with Crippen molar-refractivity contribution in [1.82, 2.24) is 4.90 Å². The summed E-state index contributed by atoms with van der Waals surface area (Å²) in [6, 6.07) is 15.0. The topological polar surface area (TPSA) is 41.6 Å². The van der Waals surface area contributed by atoms with Crippen molar-refractivity contribution in [2.24, 2.45) is 10.7 Å². The molecule has 4 rings (SSSR count). The number of halogens is 2. The van der Waals surface area contributed by atoms with Gasteiger partial charge in [-0.1, -0.05) is 48.5 Å². The molecule has 1 fully saturated rings. The molecule has 27 heavy (non-hydrogen) atoms. The summed E-state index contributed by atoms with van der Waals surface area (Å²) < 4.78 is 26.7. The van der Waals surface area contributed by atoms with Gasteiger partial charge in [-0.2, -0.15) is 0 Å². The monoisotopic (exact) mass is 369 g/mol. The Morgan fingerprint density at radius 2 is 1.89 bits per heavy atom. The van der Waals surface area contributed by atoms with Crippen LogP contribution in [-0.2, 0) is 24.4 Å². The molecule has 1 spiro atoms. The van der Waals surface area contributed by atoms with Crippen molar-refractivity contribution in [2.45, 2.75) is 50.6 Å². The molecule has 1 unspecified atom stereocenters. The lowest BCUT2D eigenvalue weighted by Crippen LogP contribution is -2.47. The molecule has 1 aliphatic carbocycles. The molecule has 2 aromatic carbocycles. The second kappa shape index (κ2) is 6.63. The van der Waals surface area contributed by atoms with E-state index in [1.54, 1.807) is 12.1 Å². The normalized spacial score (nSPS) is 22.5. The molecule has 1 atom stereocenters. The Bertz CT molecular complexity index is 855. The number of nitrogens with zero attached hydrogens (tertiary/aromatic N) is 2. The van der Waals surface area contributed by atoms with E-state index in [1.807, 2.05) is 0 Å². The van der Waals surface area contributed by atoms with Crippen LogP contribution in [0.5, 0.6) is 0 Å². The molecule has 5 heteroatoms. The van der Waals surface area contributed by atoms with Crippen molar-refractivity contribution < 1.29 is 8.78 Å². The molecule has 0 amide bonds. The summed E-state index contributed by atoms with van der Waals surface area (Å²) in [6.45, 7) is 2.21. The summed E-state index contributed by atoms with van der Waals surface area (Å²) in [5.74, 6) is -2.27. The highest BCUT2D eigenvalue weighted by Gasteiger charge is 2.47. The lowest BCUT2D eigenvalue weighted by molar-refractivity contribution is 0.0174. The Hall–Kier alpha value is -2.43. The average molecular weight is 369 g/mol. The van der Waals surface area contributed by atoms with Gasteiger partial charge in [-0.15, -0.1) is 0 Å². The maximum atomic E-state index is 13.3. The molecule has 2 N–H and O–H groups in total. The maximum Gasteiger partial charge on any atom is 0.270 e. The zero-order chi connectivity index (χ0) is 19.1. The Labute approximate surface area is 158 Å². The second-order valence-electron chi connectivity index (χ2n) is 7.70. The molecule has 1 saturated heterocycles. The predicted octanol–water partition coefficient (Wildman–Crippen LogP) is 4.55. The van der Waals surface area contributed by atoms with Gasteiger partial charge in [-0.3, -0.25) is 0 Å². The average Bonchev–Trinajstić information content (AvgIpc) is 3.25. The van der Waals surface area contributed by atoms with Gasteiger partial charge < -0.3 is 10.6 Å². The van der Waals surface area contributed by atoms with Crippen LogP contribution in [0.2, 0.25) is 0 Å². The van der Waals surface area contributed by atoms with Gasteiger partial charge >= 0.3 is 0 Å². The van der Waals surface area contributed by atoms with E-state index >= 15 is 0 Å². The molecule has 142 valence electrons. The maximum absolute atomic E-state index is 13.3. The van der Waals surface area contributed by atoms with E-state index in [1.165, 1.54) is 23.3 Å². The summed E-state index contributed by atoms with van der Waals surface area (Å²) >= 11 is 0. The number of aliphatic imine (C=N–C) groups is 1.